The summed E-state index contributed by atoms with van der Waals surface area (Å²) in [6.45, 7) is 2.98. The van der Waals surface area contributed by atoms with E-state index in [0.29, 0.717) is 11.3 Å². The zero-order chi connectivity index (χ0) is 14.3. The molecule has 2 aliphatic carbocycles. The summed E-state index contributed by atoms with van der Waals surface area (Å²) in [5.74, 6) is 0.588. The Balaban J connectivity index is 1.35. The van der Waals surface area contributed by atoms with Crippen LogP contribution in [-0.4, -0.2) is 25.5 Å². The third-order valence-electron chi connectivity index (χ3n) is 5.95. The highest BCUT2D eigenvalue weighted by Gasteiger charge is 2.58. The third kappa shape index (κ3) is 2.38. The van der Waals surface area contributed by atoms with Crippen LogP contribution < -0.4 is 10.6 Å². The van der Waals surface area contributed by atoms with Crippen LogP contribution in [-0.2, 0) is 10.2 Å². The fourth-order valence-corrected chi connectivity index (χ4v) is 4.09. The van der Waals surface area contributed by atoms with E-state index < -0.39 is 0 Å². The SMILES string of the molecule is O=C(NCC1(c2ccccc2)CC1)C1CC12CCNCC2. The first-order valence-electron chi connectivity index (χ1n) is 8.28. The lowest BCUT2D eigenvalue weighted by molar-refractivity contribution is -0.123. The minimum absolute atomic E-state index is 0.229. The van der Waals surface area contributed by atoms with Gasteiger partial charge in [0.05, 0.1) is 0 Å². The van der Waals surface area contributed by atoms with Crippen molar-refractivity contribution in [2.24, 2.45) is 11.3 Å². The van der Waals surface area contributed by atoms with E-state index in [2.05, 4.69) is 41.0 Å². The summed E-state index contributed by atoms with van der Waals surface area (Å²) in [7, 11) is 0. The number of hydrogen-bond acceptors (Lipinski definition) is 2. The maximum Gasteiger partial charge on any atom is 0.223 e. The molecule has 3 fully saturated rings. The molecular formula is C18H24N2O. The van der Waals surface area contributed by atoms with Crippen molar-refractivity contribution in [2.75, 3.05) is 19.6 Å². The van der Waals surface area contributed by atoms with Crippen molar-refractivity contribution >= 4 is 5.91 Å². The molecular weight excluding hydrogens is 260 g/mol. The minimum Gasteiger partial charge on any atom is -0.355 e. The number of carbonyl (C=O) groups excluding carboxylic acids is 1. The van der Waals surface area contributed by atoms with Gasteiger partial charge >= 0.3 is 0 Å². The molecule has 3 aliphatic rings. The van der Waals surface area contributed by atoms with Gasteiger partial charge in [-0.3, -0.25) is 4.79 Å². The lowest BCUT2D eigenvalue weighted by Gasteiger charge is -2.23. The molecule has 1 aromatic rings. The van der Waals surface area contributed by atoms with Crippen molar-refractivity contribution in [3.63, 3.8) is 0 Å². The summed E-state index contributed by atoms with van der Waals surface area (Å²) in [6.07, 6.45) is 5.87. The van der Waals surface area contributed by atoms with Crippen molar-refractivity contribution in [3.05, 3.63) is 35.9 Å². The highest BCUT2D eigenvalue weighted by atomic mass is 16.2. The standard InChI is InChI=1S/C18H24N2O/c21-16(15-12-17(15)8-10-19-11-9-17)20-13-18(6-7-18)14-4-2-1-3-5-14/h1-5,15,19H,6-13H2,(H,20,21). The van der Waals surface area contributed by atoms with E-state index >= 15 is 0 Å². The number of hydrogen-bond donors (Lipinski definition) is 2. The maximum absolute atomic E-state index is 12.5. The molecule has 0 aromatic heterocycles. The van der Waals surface area contributed by atoms with Crippen molar-refractivity contribution in [1.29, 1.82) is 0 Å². The van der Waals surface area contributed by atoms with Crippen molar-refractivity contribution in [1.82, 2.24) is 10.6 Å². The molecule has 0 bridgehead atoms. The molecule has 1 aliphatic heterocycles. The lowest BCUT2D eigenvalue weighted by atomic mass is 9.91. The molecule has 21 heavy (non-hydrogen) atoms. The molecule has 1 saturated heterocycles. The second kappa shape index (κ2) is 4.84. The highest BCUT2D eigenvalue weighted by Crippen LogP contribution is 2.58. The Morgan fingerprint density at radius 1 is 1.14 bits per heavy atom. The van der Waals surface area contributed by atoms with E-state index in [1.807, 2.05) is 0 Å². The van der Waals surface area contributed by atoms with Gasteiger partial charge in [-0.05, 0) is 56.2 Å². The monoisotopic (exact) mass is 284 g/mol. The fourth-order valence-electron chi connectivity index (χ4n) is 4.09. The van der Waals surface area contributed by atoms with Gasteiger partial charge in [0.1, 0.15) is 0 Å². The Labute approximate surface area is 126 Å². The van der Waals surface area contributed by atoms with E-state index in [4.69, 9.17) is 0 Å². The molecule has 3 nitrogen and oxygen atoms in total. The number of rotatable bonds is 4. The molecule has 1 unspecified atom stereocenters. The topological polar surface area (TPSA) is 41.1 Å². The van der Waals surface area contributed by atoms with Crippen LogP contribution in [0, 0.1) is 11.3 Å². The summed E-state index contributed by atoms with van der Waals surface area (Å²) in [4.78, 5) is 12.5. The third-order valence-corrected chi connectivity index (χ3v) is 5.95. The fraction of sp³-hybridized carbons (Fsp3) is 0.611. The van der Waals surface area contributed by atoms with Crippen LogP contribution in [0.3, 0.4) is 0 Å². The smallest absolute Gasteiger partial charge is 0.223 e. The minimum atomic E-state index is 0.229. The second-order valence-electron chi connectivity index (χ2n) is 7.23. The molecule has 1 amide bonds. The zero-order valence-corrected chi connectivity index (χ0v) is 12.5. The van der Waals surface area contributed by atoms with Crippen LogP contribution in [0.1, 0.15) is 37.7 Å². The van der Waals surface area contributed by atoms with Crippen LogP contribution in [0.4, 0.5) is 0 Å². The Morgan fingerprint density at radius 2 is 1.86 bits per heavy atom. The Morgan fingerprint density at radius 3 is 2.52 bits per heavy atom. The maximum atomic E-state index is 12.5. The molecule has 2 N–H and O–H groups in total. The highest BCUT2D eigenvalue weighted by molar-refractivity contribution is 5.82. The molecule has 1 aromatic carbocycles. The van der Waals surface area contributed by atoms with Crippen LogP contribution in [0.5, 0.6) is 0 Å². The average Bonchev–Trinajstić information content (AvgIpc) is 3.44. The van der Waals surface area contributed by atoms with Gasteiger partial charge in [-0.25, -0.2) is 0 Å². The first kappa shape index (κ1) is 13.3. The van der Waals surface area contributed by atoms with Gasteiger partial charge < -0.3 is 10.6 Å². The van der Waals surface area contributed by atoms with Gasteiger partial charge in [0, 0.05) is 17.9 Å². The lowest BCUT2D eigenvalue weighted by Crippen LogP contribution is -2.36. The van der Waals surface area contributed by atoms with Gasteiger partial charge in [0.25, 0.3) is 0 Å². The second-order valence-corrected chi connectivity index (χ2v) is 7.23. The van der Waals surface area contributed by atoms with Crippen LogP contribution >= 0.6 is 0 Å². The Hall–Kier alpha value is -1.35. The molecule has 112 valence electrons. The van der Waals surface area contributed by atoms with Crippen LogP contribution in [0.25, 0.3) is 0 Å². The van der Waals surface area contributed by atoms with Crippen molar-refractivity contribution < 1.29 is 4.79 Å². The first-order chi connectivity index (χ1) is 10.2. The normalized spacial score (nSPS) is 28.1. The average molecular weight is 284 g/mol. The number of benzene rings is 1. The summed E-state index contributed by atoms with van der Waals surface area (Å²) in [5.41, 5.74) is 1.96. The Bertz CT molecular complexity index is 529. The quantitative estimate of drug-likeness (QED) is 0.890. The zero-order valence-electron chi connectivity index (χ0n) is 12.5. The molecule has 1 spiro atoms. The summed E-state index contributed by atoms with van der Waals surface area (Å²) < 4.78 is 0. The van der Waals surface area contributed by atoms with Gasteiger partial charge in [0.2, 0.25) is 5.91 Å². The van der Waals surface area contributed by atoms with E-state index in [-0.39, 0.29) is 11.3 Å². The molecule has 2 saturated carbocycles. The first-order valence-corrected chi connectivity index (χ1v) is 8.28. The van der Waals surface area contributed by atoms with Crippen LogP contribution in [0.2, 0.25) is 0 Å². The molecule has 1 heterocycles. The van der Waals surface area contributed by atoms with Gasteiger partial charge in [0.15, 0.2) is 0 Å². The number of piperidine rings is 1. The molecule has 4 rings (SSSR count). The number of nitrogens with one attached hydrogen (secondary N) is 2. The van der Waals surface area contributed by atoms with Crippen molar-refractivity contribution in [2.45, 2.75) is 37.5 Å². The van der Waals surface area contributed by atoms with Gasteiger partial charge in [-0.1, -0.05) is 30.3 Å². The van der Waals surface area contributed by atoms with E-state index in [0.717, 1.165) is 26.1 Å². The predicted molar refractivity (Wildman–Crippen MR) is 83.0 cm³/mol. The van der Waals surface area contributed by atoms with Crippen LogP contribution in [0.15, 0.2) is 30.3 Å². The summed E-state index contributed by atoms with van der Waals surface area (Å²) >= 11 is 0. The molecule has 0 radical (unpaired) electrons. The molecule has 1 atom stereocenters. The number of carbonyl (C=O) groups is 1. The molecule has 3 heteroatoms. The number of amides is 1. The van der Waals surface area contributed by atoms with Crippen molar-refractivity contribution in [3.8, 4) is 0 Å². The predicted octanol–water partition coefficient (Wildman–Crippen LogP) is 2.22. The van der Waals surface area contributed by atoms with Gasteiger partial charge in [-0.15, -0.1) is 0 Å². The van der Waals surface area contributed by atoms with E-state index in [1.54, 1.807) is 0 Å². The van der Waals surface area contributed by atoms with Gasteiger partial charge in [-0.2, -0.15) is 0 Å². The Kier molecular flexibility index (Phi) is 3.07. The summed E-state index contributed by atoms with van der Waals surface area (Å²) in [5, 5.41) is 6.65. The summed E-state index contributed by atoms with van der Waals surface area (Å²) in [6, 6.07) is 10.7. The van der Waals surface area contributed by atoms with E-state index in [1.165, 1.54) is 31.2 Å². The largest absolute Gasteiger partial charge is 0.355 e. The van der Waals surface area contributed by atoms with E-state index in [9.17, 15) is 4.79 Å².